The number of urea groups is 1. The molecule has 3 heterocycles. The fourth-order valence-electron chi connectivity index (χ4n) is 5.10. The molecule has 2 aromatic rings. The average Bonchev–Trinajstić information content (AvgIpc) is 3.37. The van der Waals surface area contributed by atoms with E-state index in [2.05, 4.69) is 17.4 Å². The van der Waals surface area contributed by atoms with E-state index in [9.17, 15) is 14.4 Å². The zero-order chi connectivity index (χ0) is 24.3. The van der Waals surface area contributed by atoms with Gasteiger partial charge in [0.25, 0.3) is 11.8 Å². The zero-order valence-corrected chi connectivity index (χ0v) is 21.1. The molecule has 7 nitrogen and oxygen atoms in total. The molecule has 4 amide bonds. The molecule has 2 aliphatic rings. The molecule has 1 aromatic carbocycles. The lowest BCUT2D eigenvalue weighted by atomic mass is 9.74. The smallest absolute Gasteiger partial charge is 0.325 e. The van der Waals surface area contributed by atoms with E-state index in [0.29, 0.717) is 51.9 Å². The molecule has 0 radical (unpaired) electrons. The summed E-state index contributed by atoms with van der Waals surface area (Å²) in [5.74, 6) is -0.0571. The maximum atomic E-state index is 13.8. The summed E-state index contributed by atoms with van der Waals surface area (Å²) < 4.78 is 0. The lowest BCUT2D eigenvalue weighted by Crippen LogP contribution is -2.57. The van der Waals surface area contributed by atoms with Gasteiger partial charge in [-0.2, -0.15) is 0 Å². The van der Waals surface area contributed by atoms with Crippen LogP contribution in [-0.4, -0.2) is 78.4 Å². The number of carbonyl (C=O) groups is 3. The van der Waals surface area contributed by atoms with Crippen molar-refractivity contribution in [2.24, 2.45) is 5.92 Å². The Balaban J connectivity index is 1.52. The van der Waals surface area contributed by atoms with Crippen molar-refractivity contribution in [3.05, 3.63) is 57.8 Å². The number of imide groups is 1. The molecule has 182 valence electrons. The number of likely N-dealkylation sites (tertiary alicyclic amines) is 1. The van der Waals surface area contributed by atoms with E-state index >= 15 is 0 Å². The van der Waals surface area contributed by atoms with Gasteiger partial charge in [0.15, 0.2) is 0 Å². The van der Waals surface area contributed by atoms with Gasteiger partial charge in [-0.25, -0.2) is 4.79 Å². The van der Waals surface area contributed by atoms with Gasteiger partial charge in [-0.05, 0) is 75.2 Å². The number of aryl methyl sites for hydroxylation is 2. The van der Waals surface area contributed by atoms with Crippen LogP contribution < -0.4 is 5.32 Å². The first-order valence-electron chi connectivity index (χ1n) is 12.0. The second-order valence-electron chi connectivity index (χ2n) is 9.65. The summed E-state index contributed by atoms with van der Waals surface area (Å²) in [5.41, 5.74) is 1.23. The predicted octanol–water partition coefficient (Wildman–Crippen LogP) is 3.39. The van der Waals surface area contributed by atoms with Gasteiger partial charge in [0.2, 0.25) is 0 Å². The molecule has 1 unspecified atom stereocenters. The normalized spacial score (nSPS) is 21.4. The van der Waals surface area contributed by atoms with Crippen molar-refractivity contribution in [2.75, 3.05) is 40.3 Å². The SMILES string of the molecule is Cc1ccsc1C(=O)N1CCC(C2(CCc3ccccc3)NC(=O)N(CCN(C)C)C2=O)CC1. The number of nitrogens with one attached hydrogen (secondary N) is 1. The van der Waals surface area contributed by atoms with Gasteiger partial charge in [-0.15, -0.1) is 11.3 Å². The van der Waals surface area contributed by atoms with Gasteiger partial charge in [-0.3, -0.25) is 14.5 Å². The van der Waals surface area contributed by atoms with Crippen LogP contribution in [0, 0.1) is 12.8 Å². The number of amides is 4. The number of thiophene rings is 1. The van der Waals surface area contributed by atoms with Gasteiger partial charge in [-0.1, -0.05) is 30.3 Å². The summed E-state index contributed by atoms with van der Waals surface area (Å²) in [6.07, 6.45) is 2.65. The molecule has 1 N–H and O–H groups in total. The molecule has 2 aliphatic heterocycles. The Morgan fingerprint density at radius 1 is 1.15 bits per heavy atom. The maximum Gasteiger partial charge on any atom is 0.325 e. The van der Waals surface area contributed by atoms with Crippen LogP contribution >= 0.6 is 11.3 Å². The van der Waals surface area contributed by atoms with Crippen molar-refractivity contribution >= 4 is 29.2 Å². The number of piperidine rings is 1. The van der Waals surface area contributed by atoms with Crippen molar-refractivity contribution in [3.8, 4) is 0 Å². The number of nitrogens with zero attached hydrogens (tertiary/aromatic N) is 3. The van der Waals surface area contributed by atoms with Crippen LogP contribution in [0.15, 0.2) is 41.8 Å². The van der Waals surface area contributed by atoms with E-state index in [4.69, 9.17) is 0 Å². The lowest BCUT2D eigenvalue weighted by molar-refractivity contribution is -0.134. The van der Waals surface area contributed by atoms with Crippen molar-refractivity contribution in [1.29, 1.82) is 0 Å². The molecular weight excluding hydrogens is 448 g/mol. The Kier molecular flexibility index (Phi) is 7.38. The number of hydrogen-bond donors (Lipinski definition) is 1. The molecule has 2 saturated heterocycles. The molecule has 1 atom stereocenters. The Bertz CT molecular complexity index is 1030. The highest BCUT2D eigenvalue weighted by Crippen LogP contribution is 2.37. The first-order chi connectivity index (χ1) is 16.3. The number of benzene rings is 1. The van der Waals surface area contributed by atoms with E-state index in [-0.39, 0.29) is 23.8 Å². The summed E-state index contributed by atoms with van der Waals surface area (Å²) in [5, 5.41) is 5.08. The van der Waals surface area contributed by atoms with Crippen LogP contribution in [0.25, 0.3) is 0 Å². The van der Waals surface area contributed by atoms with Gasteiger partial charge in [0.1, 0.15) is 5.54 Å². The summed E-state index contributed by atoms with van der Waals surface area (Å²) >= 11 is 1.48. The van der Waals surface area contributed by atoms with E-state index in [1.54, 1.807) is 0 Å². The van der Waals surface area contributed by atoms with Crippen LogP contribution in [-0.2, 0) is 11.2 Å². The van der Waals surface area contributed by atoms with Gasteiger partial charge in [0.05, 0.1) is 4.88 Å². The quantitative estimate of drug-likeness (QED) is 0.586. The number of rotatable bonds is 8. The predicted molar refractivity (Wildman–Crippen MR) is 134 cm³/mol. The van der Waals surface area contributed by atoms with Crippen molar-refractivity contribution in [2.45, 2.75) is 38.1 Å². The first kappa shape index (κ1) is 24.4. The highest BCUT2D eigenvalue weighted by molar-refractivity contribution is 7.12. The Hall–Kier alpha value is -2.71. The van der Waals surface area contributed by atoms with Crippen molar-refractivity contribution in [3.63, 3.8) is 0 Å². The van der Waals surface area contributed by atoms with E-state index in [1.807, 2.05) is 60.5 Å². The zero-order valence-electron chi connectivity index (χ0n) is 20.3. The molecule has 1 aromatic heterocycles. The van der Waals surface area contributed by atoms with Gasteiger partial charge < -0.3 is 15.1 Å². The molecule has 34 heavy (non-hydrogen) atoms. The Morgan fingerprint density at radius 3 is 2.47 bits per heavy atom. The van der Waals surface area contributed by atoms with Crippen LogP contribution in [0.1, 0.15) is 40.1 Å². The number of likely N-dealkylation sites (N-methyl/N-ethyl adjacent to an activating group) is 1. The fraction of sp³-hybridized carbons (Fsp3) is 0.500. The minimum absolute atomic E-state index is 0.00880. The van der Waals surface area contributed by atoms with E-state index < -0.39 is 5.54 Å². The third-order valence-corrected chi connectivity index (χ3v) is 8.16. The molecule has 2 fully saturated rings. The first-order valence-corrected chi connectivity index (χ1v) is 12.9. The second-order valence-corrected chi connectivity index (χ2v) is 10.6. The summed E-state index contributed by atoms with van der Waals surface area (Å²) in [7, 11) is 3.87. The molecule has 0 saturated carbocycles. The summed E-state index contributed by atoms with van der Waals surface area (Å²) in [4.78, 5) is 45.8. The van der Waals surface area contributed by atoms with E-state index in [1.165, 1.54) is 16.2 Å². The highest BCUT2D eigenvalue weighted by atomic mass is 32.1. The minimum Gasteiger partial charge on any atom is -0.338 e. The fourth-order valence-corrected chi connectivity index (χ4v) is 5.99. The second kappa shape index (κ2) is 10.3. The van der Waals surface area contributed by atoms with Crippen LogP contribution in [0.4, 0.5) is 4.79 Å². The van der Waals surface area contributed by atoms with Crippen molar-refractivity contribution in [1.82, 2.24) is 20.0 Å². The average molecular weight is 483 g/mol. The van der Waals surface area contributed by atoms with Crippen LogP contribution in [0.2, 0.25) is 0 Å². The van der Waals surface area contributed by atoms with Crippen LogP contribution in [0.3, 0.4) is 0 Å². The van der Waals surface area contributed by atoms with Gasteiger partial charge in [0, 0.05) is 26.2 Å². The van der Waals surface area contributed by atoms with Gasteiger partial charge >= 0.3 is 6.03 Å². The van der Waals surface area contributed by atoms with Crippen molar-refractivity contribution < 1.29 is 14.4 Å². The molecule has 0 bridgehead atoms. The molecule has 8 heteroatoms. The summed E-state index contributed by atoms with van der Waals surface area (Å²) in [6.45, 7) is 4.15. The molecule has 4 rings (SSSR count). The third-order valence-electron chi connectivity index (χ3n) is 7.16. The molecule has 0 spiro atoms. The molecule has 0 aliphatic carbocycles. The Labute approximate surface area is 205 Å². The minimum atomic E-state index is -0.923. The maximum absolute atomic E-state index is 13.8. The largest absolute Gasteiger partial charge is 0.338 e. The monoisotopic (exact) mass is 482 g/mol. The Morgan fingerprint density at radius 2 is 1.85 bits per heavy atom. The lowest BCUT2D eigenvalue weighted by Gasteiger charge is -2.41. The standard InChI is InChI=1S/C26H34N4O3S/c1-19-12-18-34-22(19)23(31)29-14-10-21(11-15-29)26(13-9-20-7-5-4-6-8-20)24(32)30(25(33)27-26)17-16-28(2)3/h4-8,12,18,21H,9-11,13-17H2,1-3H3,(H,27,33). The van der Waals surface area contributed by atoms with Crippen LogP contribution in [0.5, 0.6) is 0 Å². The molecular formula is C26H34N4O3S. The van der Waals surface area contributed by atoms with E-state index in [0.717, 1.165) is 16.0 Å². The number of carbonyl (C=O) groups excluding carboxylic acids is 3. The number of hydrogen-bond acceptors (Lipinski definition) is 5. The topological polar surface area (TPSA) is 73.0 Å². The summed E-state index contributed by atoms with van der Waals surface area (Å²) in [6, 6.07) is 11.8. The third kappa shape index (κ3) is 4.88. The highest BCUT2D eigenvalue weighted by Gasteiger charge is 2.55.